The molecule has 5 nitrogen and oxygen atoms in total. The molecule has 0 bridgehead atoms. The van der Waals surface area contributed by atoms with Gasteiger partial charge in [0, 0.05) is 5.56 Å². The highest BCUT2D eigenvalue weighted by atomic mass is 16.5. The fourth-order valence-electron chi connectivity index (χ4n) is 1.79. The van der Waals surface area contributed by atoms with Gasteiger partial charge in [0.05, 0.1) is 19.2 Å². The number of H-pyrrole nitrogens is 1. The first-order valence-corrected chi connectivity index (χ1v) is 6.70. The van der Waals surface area contributed by atoms with Gasteiger partial charge < -0.3 is 10.1 Å². The Kier molecular flexibility index (Phi) is 4.76. The second-order valence-corrected chi connectivity index (χ2v) is 4.58. The van der Waals surface area contributed by atoms with Gasteiger partial charge in [-0.1, -0.05) is 24.6 Å². The van der Waals surface area contributed by atoms with Crippen molar-refractivity contribution in [2.45, 2.75) is 26.7 Å². The maximum absolute atomic E-state index is 11.8. The number of nitrogens with one attached hydrogen (secondary N) is 2. The van der Waals surface area contributed by atoms with Gasteiger partial charge >= 0.3 is 0 Å². The first-order valence-electron chi connectivity index (χ1n) is 6.70. The molecule has 20 heavy (non-hydrogen) atoms. The smallest absolute Gasteiger partial charge is 0.228 e. The zero-order valence-corrected chi connectivity index (χ0v) is 11.8. The third kappa shape index (κ3) is 3.85. The van der Waals surface area contributed by atoms with Crippen LogP contribution in [0.3, 0.4) is 0 Å². The highest BCUT2D eigenvalue weighted by Crippen LogP contribution is 2.13. The summed E-state index contributed by atoms with van der Waals surface area (Å²) in [7, 11) is 0. The molecular formula is C15H19N3O2. The van der Waals surface area contributed by atoms with Crippen LogP contribution in [0.25, 0.3) is 0 Å². The zero-order valence-electron chi connectivity index (χ0n) is 11.8. The Balaban J connectivity index is 1.76. The first kappa shape index (κ1) is 14.1. The lowest BCUT2D eigenvalue weighted by molar-refractivity contribution is -0.116. The number of ether oxygens (including phenoxy) is 1. The molecule has 2 aromatic rings. The molecule has 0 spiro atoms. The summed E-state index contributed by atoms with van der Waals surface area (Å²) < 4.78 is 5.52. The van der Waals surface area contributed by atoms with Crippen LogP contribution < -0.4 is 10.1 Å². The summed E-state index contributed by atoms with van der Waals surface area (Å²) in [5.74, 6) is 1.36. The number of amides is 1. The maximum atomic E-state index is 11.8. The highest BCUT2D eigenvalue weighted by Gasteiger charge is 2.07. The molecule has 0 atom stereocenters. The summed E-state index contributed by atoms with van der Waals surface area (Å²) >= 11 is 0. The number of rotatable bonds is 6. The summed E-state index contributed by atoms with van der Waals surface area (Å²) in [5.41, 5.74) is 2.18. The Morgan fingerprint density at radius 1 is 1.35 bits per heavy atom. The van der Waals surface area contributed by atoms with Crippen LogP contribution in [0.1, 0.15) is 24.5 Å². The van der Waals surface area contributed by atoms with Crippen LogP contribution in [-0.4, -0.2) is 22.7 Å². The Bertz CT molecular complexity index is 561. The van der Waals surface area contributed by atoms with E-state index < -0.39 is 0 Å². The molecule has 0 aliphatic heterocycles. The van der Waals surface area contributed by atoms with Crippen LogP contribution in [0.5, 0.6) is 5.75 Å². The average molecular weight is 273 g/mol. The van der Waals surface area contributed by atoms with E-state index in [0.717, 1.165) is 17.7 Å². The first-order chi connectivity index (χ1) is 9.69. The second kappa shape index (κ2) is 6.75. The minimum atomic E-state index is -0.0870. The van der Waals surface area contributed by atoms with Gasteiger partial charge in [-0.3, -0.25) is 9.89 Å². The molecule has 5 heteroatoms. The molecule has 106 valence electrons. The maximum Gasteiger partial charge on any atom is 0.228 e. The number of hydrogen-bond donors (Lipinski definition) is 2. The van der Waals surface area contributed by atoms with Gasteiger partial charge in [0.2, 0.25) is 5.91 Å². The Hall–Kier alpha value is -2.30. The van der Waals surface area contributed by atoms with Crippen molar-refractivity contribution >= 4 is 11.7 Å². The van der Waals surface area contributed by atoms with Crippen molar-refractivity contribution in [1.29, 1.82) is 0 Å². The number of benzene rings is 1. The molecular weight excluding hydrogens is 254 g/mol. The number of carbonyl (C=O) groups is 1. The molecule has 2 N–H and O–H groups in total. The van der Waals surface area contributed by atoms with Crippen molar-refractivity contribution < 1.29 is 9.53 Å². The summed E-state index contributed by atoms with van der Waals surface area (Å²) in [6, 6.07) is 7.76. The van der Waals surface area contributed by atoms with Gasteiger partial charge in [0.25, 0.3) is 0 Å². The van der Waals surface area contributed by atoms with E-state index in [0.29, 0.717) is 18.8 Å². The number of aromatic nitrogens is 2. The van der Waals surface area contributed by atoms with E-state index in [1.165, 1.54) is 5.56 Å². The number of nitrogens with zero attached hydrogens (tertiary/aromatic N) is 1. The van der Waals surface area contributed by atoms with E-state index in [9.17, 15) is 4.79 Å². The molecule has 0 radical (unpaired) electrons. The quantitative estimate of drug-likeness (QED) is 0.850. The third-order valence-electron chi connectivity index (χ3n) is 2.98. The molecule has 1 aromatic heterocycles. The summed E-state index contributed by atoms with van der Waals surface area (Å²) in [5, 5.41) is 9.49. The van der Waals surface area contributed by atoms with Crippen molar-refractivity contribution in [3.05, 3.63) is 41.6 Å². The second-order valence-electron chi connectivity index (χ2n) is 4.58. The monoisotopic (exact) mass is 273 g/mol. The Labute approximate surface area is 118 Å². The van der Waals surface area contributed by atoms with Crippen LogP contribution in [0, 0.1) is 6.92 Å². The minimum absolute atomic E-state index is 0.0870. The molecule has 1 aromatic carbocycles. The Morgan fingerprint density at radius 2 is 2.10 bits per heavy atom. The van der Waals surface area contributed by atoms with Crippen LogP contribution >= 0.6 is 0 Å². The molecule has 0 fully saturated rings. The third-order valence-corrected chi connectivity index (χ3v) is 2.98. The number of aryl methyl sites for hydroxylation is 2. The van der Waals surface area contributed by atoms with E-state index >= 15 is 0 Å². The Morgan fingerprint density at radius 3 is 2.80 bits per heavy atom. The van der Waals surface area contributed by atoms with Gasteiger partial charge in [-0.05, 0) is 25.5 Å². The average Bonchev–Trinajstić information content (AvgIpc) is 2.88. The summed E-state index contributed by atoms with van der Waals surface area (Å²) in [4.78, 5) is 11.8. The van der Waals surface area contributed by atoms with Crippen molar-refractivity contribution in [3.63, 3.8) is 0 Å². The molecule has 0 aliphatic carbocycles. The highest BCUT2D eigenvalue weighted by molar-refractivity contribution is 5.90. The number of carbonyl (C=O) groups excluding carboxylic acids is 1. The minimum Gasteiger partial charge on any atom is -0.493 e. The fourth-order valence-corrected chi connectivity index (χ4v) is 1.79. The summed E-state index contributed by atoms with van der Waals surface area (Å²) in [6.45, 7) is 4.39. The predicted octanol–water partition coefficient (Wildman–Crippen LogP) is 2.69. The van der Waals surface area contributed by atoms with Crippen LogP contribution in [-0.2, 0) is 11.2 Å². The van der Waals surface area contributed by atoms with Gasteiger partial charge in [0.1, 0.15) is 11.6 Å². The summed E-state index contributed by atoms with van der Waals surface area (Å²) in [6.07, 6.45) is 2.85. The lowest BCUT2D eigenvalue weighted by atomic mass is 10.2. The van der Waals surface area contributed by atoms with Crippen LogP contribution in [0.15, 0.2) is 30.5 Å². The van der Waals surface area contributed by atoms with E-state index in [1.807, 2.05) is 38.1 Å². The normalized spacial score (nSPS) is 10.3. The van der Waals surface area contributed by atoms with Gasteiger partial charge in [0.15, 0.2) is 0 Å². The van der Waals surface area contributed by atoms with E-state index in [4.69, 9.17) is 4.74 Å². The molecule has 0 unspecified atom stereocenters. The van der Waals surface area contributed by atoms with E-state index in [2.05, 4.69) is 15.5 Å². The van der Waals surface area contributed by atoms with E-state index in [1.54, 1.807) is 6.20 Å². The SMILES string of the molecule is CCc1cn[nH]c1NC(=O)CCOc1ccc(C)cc1. The van der Waals surface area contributed by atoms with Gasteiger partial charge in [-0.15, -0.1) is 0 Å². The lowest BCUT2D eigenvalue weighted by Gasteiger charge is -2.07. The van der Waals surface area contributed by atoms with Crippen molar-refractivity contribution in [3.8, 4) is 5.75 Å². The lowest BCUT2D eigenvalue weighted by Crippen LogP contribution is -2.16. The molecule has 1 heterocycles. The number of hydrogen-bond acceptors (Lipinski definition) is 3. The van der Waals surface area contributed by atoms with Crippen LogP contribution in [0.4, 0.5) is 5.82 Å². The van der Waals surface area contributed by atoms with Gasteiger partial charge in [-0.2, -0.15) is 5.10 Å². The van der Waals surface area contributed by atoms with Crippen molar-refractivity contribution in [2.24, 2.45) is 0 Å². The van der Waals surface area contributed by atoms with Crippen molar-refractivity contribution in [2.75, 3.05) is 11.9 Å². The topological polar surface area (TPSA) is 67.0 Å². The largest absolute Gasteiger partial charge is 0.493 e. The zero-order chi connectivity index (χ0) is 14.4. The number of aromatic amines is 1. The van der Waals surface area contributed by atoms with Crippen molar-refractivity contribution in [1.82, 2.24) is 10.2 Å². The fraction of sp³-hybridized carbons (Fsp3) is 0.333. The molecule has 1 amide bonds. The van der Waals surface area contributed by atoms with E-state index in [-0.39, 0.29) is 5.91 Å². The number of anilines is 1. The van der Waals surface area contributed by atoms with Gasteiger partial charge in [-0.25, -0.2) is 0 Å². The molecule has 2 rings (SSSR count). The molecule has 0 aliphatic rings. The molecule has 0 saturated heterocycles. The molecule has 0 saturated carbocycles. The standard InChI is InChI=1S/C15H19N3O2/c1-3-12-10-16-18-15(12)17-14(19)8-9-20-13-6-4-11(2)5-7-13/h4-7,10H,3,8-9H2,1-2H3,(H2,16,17,18,19). The van der Waals surface area contributed by atoms with Crippen LogP contribution in [0.2, 0.25) is 0 Å². The predicted molar refractivity (Wildman–Crippen MR) is 77.9 cm³/mol.